The van der Waals surface area contributed by atoms with Gasteiger partial charge in [-0.15, -0.1) is 0 Å². The van der Waals surface area contributed by atoms with Crippen molar-refractivity contribution in [1.29, 1.82) is 0 Å². The zero-order valence-corrected chi connectivity index (χ0v) is 15.7. The van der Waals surface area contributed by atoms with E-state index in [0.29, 0.717) is 17.0 Å². The van der Waals surface area contributed by atoms with Crippen LogP contribution in [-0.2, 0) is 9.53 Å². The van der Waals surface area contributed by atoms with Gasteiger partial charge in [0.05, 0.1) is 11.8 Å². The Bertz CT molecular complexity index is 1150. The second-order valence-electron chi connectivity index (χ2n) is 6.54. The van der Waals surface area contributed by atoms with E-state index < -0.39 is 18.0 Å². The molecule has 1 atom stereocenters. The number of nitrogens with one attached hydrogen (secondary N) is 1. The molecule has 0 aliphatic heterocycles. The summed E-state index contributed by atoms with van der Waals surface area (Å²) in [6, 6.07) is 20.2. The zero-order valence-electron chi connectivity index (χ0n) is 15.7. The number of rotatable bonds is 5. The third kappa shape index (κ3) is 4.16. The molecular weight excluding hydrogens is 368 g/mol. The fourth-order valence-corrected chi connectivity index (χ4v) is 2.92. The molecule has 3 aromatic carbocycles. The molecule has 0 bridgehead atoms. The third-order valence-electron chi connectivity index (χ3n) is 4.51. The lowest BCUT2D eigenvalue weighted by Gasteiger charge is -2.14. The highest BCUT2D eigenvalue weighted by molar-refractivity contribution is 5.99. The Labute approximate surface area is 167 Å². The molecule has 4 aromatic rings. The number of carbonyl (C=O) groups excluding carboxylic acids is 2. The number of hydrogen-bond acceptors (Lipinski definition) is 5. The fraction of sp³-hybridized carbons (Fsp3) is 0.0870. The number of anilines is 1. The van der Waals surface area contributed by atoms with Crippen LogP contribution in [0.4, 0.5) is 5.69 Å². The summed E-state index contributed by atoms with van der Waals surface area (Å²) in [4.78, 5) is 28.6. The van der Waals surface area contributed by atoms with E-state index in [1.165, 1.54) is 13.3 Å². The van der Waals surface area contributed by atoms with Crippen LogP contribution in [0.5, 0.6) is 0 Å². The average Bonchev–Trinajstić information content (AvgIpc) is 3.28. The number of benzene rings is 3. The topological polar surface area (TPSA) is 81.4 Å². The van der Waals surface area contributed by atoms with Gasteiger partial charge in [-0.25, -0.2) is 9.78 Å². The SMILES string of the molecule is CC(OC(=O)c1ccc(-c2cnco2)cc1)C(=O)Nc1ccc2ccccc2c1. The van der Waals surface area contributed by atoms with Gasteiger partial charge in [-0.1, -0.05) is 42.5 Å². The van der Waals surface area contributed by atoms with Gasteiger partial charge in [0.2, 0.25) is 0 Å². The van der Waals surface area contributed by atoms with Crippen LogP contribution < -0.4 is 5.32 Å². The number of esters is 1. The highest BCUT2D eigenvalue weighted by Crippen LogP contribution is 2.21. The molecule has 29 heavy (non-hydrogen) atoms. The van der Waals surface area contributed by atoms with E-state index in [9.17, 15) is 9.59 Å². The van der Waals surface area contributed by atoms with Gasteiger partial charge in [-0.3, -0.25) is 4.79 Å². The summed E-state index contributed by atoms with van der Waals surface area (Å²) in [7, 11) is 0. The first-order chi connectivity index (χ1) is 14.1. The van der Waals surface area contributed by atoms with Crippen LogP contribution in [-0.4, -0.2) is 23.0 Å². The Morgan fingerprint density at radius 2 is 1.76 bits per heavy atom. The molecule has 1 unspecified atom stereocenters. The van der Waals surface area contributed by atoms with E-state index in [4.69, 9.17) is 9.15 Å². The van der Waals surface area contributed by atoms with Crippen molar-refractivity contribution in [3.63, 3.8) is 0 Å². The van der Waals surface area contributed by atoms with Crippen LogP contribution in [0.25, 0.3) is 22.1 Å². The van der Waals surface area contributed by atoms with E-state index in [1.54, 1.807) is 30.5 Å². The molecule has 1 heterocycles. The van der Waals surface area contributed by atoms with Crippen LogP contribution in [0.15, 0.2) is 83.7 Å². The van der Waals surface area contributed by atoms with E-state index in [2.05, 4.69) is 10.3 Å². The van der Waals surface area contributed by atoms with Gasteiger partial charge in [-0.05, 0) is 42.0 Å². The number of oxazole rings is 1. The van der Waals surface area contributed by atoms with E-state index in [1.807, 2.05) is 42.5 Å². The zero-order chi connectivity index (χ0) is 20.2. The number of ether oxygens (including phenoxy) is 1. The third-order valence-corrected chi connectivity index (χ3v) is 4.51. The highest BCUT2D eigenvalue weighted by atomic mass is 16.5. The molecule has 4 rings (SSSR count). The molecule has 6 heteroatoms. The van der Waals surface area contributed by atoms with Crippen LogP contribution in [0.2, 0.25) is 0 Å². The smallest absolute Gasteiger partial charge is 0.338 e. The lowest BCUT2D eigenvalue weighted by Crippen LogP contribution is -2.30. The molecule has 144 valence electrons. The first kappa shape index (κ1) is 18.4. The van der Waals surface area contributed by atoms with E-state index in [0.717, 1.165) is 16.3 Å². The van der Waals surface area contributed by atoms with Crippen LogP contribution in [0, 0.1) is 0 Å². The van der Waals surface area contributed by atoms with Crippen molar-refractivity contribution < 1.29 is 18.7 Å². The number of amides is 1. The minimum absolute atomic E-state index is 0.346. The molecule has 6 nitrogen and oxygen atoms in total. The van der Waals surface area contributed by atoms with Crippen LogP contribution in [0.3, 0.4) is 0 Å². The molecule has 0 saturated heterocycles. The summed E-state index contributed by atoms with van der Waals surface area (Å²) < 4.78 is 10.5. The van der Waals surface area contributed by atoms with E-state index >= 15 is 0 Å². The van der Waals surface area contributed by atoms with Crippen molar-refractivity contribution in [1.82, 2.24) is 4.98 Å². The van der Waals surface area contributed by atoms with Gasteiger partial charge in [0, 0.05) is 11.3 Å². The fourth-order valence-electron chi connectivity index (χ4n) is 2.92. The van der Waals surface area contributed by atoms with Crippen molar-refractivity contribution in [2.24, 2.45) is 0 Å². The molecule has 0 radical (unpaired) electrons. The van der Waals surface area contributed by atoms with Gasteiger partial charge in [0.25, 0.3) is 5.91 Å². The van der Waals surface area contributed by atoms with Crippen molar-refractivity contribution in [2.75, 3.05) is 5.32 Å². The van der Waals surface area contributed by atoms with Gasteiger partial charge in [-0.2, -0.15) is 0 Å². The van der Waals surface area contributed by atoms with Crippen LogP contribution in [0.1, 0.15) is 17.3 Å². The van der Waals surface area contributed by atoms with Gasteiger partial charge in [0.1, 0.15) is 0 Å². The average molecular weight is 386 g/mol. The number of nitrogens with zero attached hydrogens (tertiary/aromatic N) is 1. The van der Waals surface area contributed by atoms with E-state index in [-0.39, 0.29) is 0 Å². The second-order valence-corrected chi connectivity index (χ2v) is 6.54. The Morgan fingerprint density at radius 1 is 1.00 bits per heavy atom. The summed E-state index contributed by atoms with van der Waals surface area (Å²) in [5.74, 6) is -0.366. The minimum Gasteiger partial charge on any atom is -0.449 e. The molecule has 1 N–H and O–H groups in total. The molecule has 0 aliphatic carbocycles. The minimum atomic E-state index is -0.942. The standard InChI is InChI=1S/C23H18N2O4/c1-15(22(26)25-20-11-10-16-4-2-3-5-19(16)12-20)29-23(27)18-8-6-17(7-9-18)21-13-24-14-28-21/h2-15H,1H3,(H,25,26). The maximum atomic E-state index is 12.4. The van der Waals surface area contributed by atoms with Crippen molar-refractivity contribution in [3.05, 3.63) is 84.9 Å². The predicted molar refractivity (Wildman–Crippen MR) is 109 cm³/mol. The summed E-state index contributed by atoms with van der Waals surface area (Å²) in [6.07, 6.45) is 1.99. The summed E-state index contributed by atoms with van der Waals surface area (Å²) in [5, 5.41) is 4.88. The van der Waals surface area contributed by atoms with Crippen molar-refractivity contribution >= 4 is 28.3 Å². The van der Waals surface area contributed by atoms with Gasteiger partial charge >= 0.3 is 5.97 Å². The summed E-state index contributed by atoms with van der Waals surface area (Å²) in [5.41, 5.74) is 1.78. The molecule has 1 aromatic heterocycles. The molecular formula is C23H18N2O4. The largest absolute Gasteiger partial charge is 0.449 e. The summed E-state index contributed by atoms with van der Waals surface area (Å²) in [6.45, 7) is 1.54. The monoisotopic (exact) mass is 386 g/mol. The Hall–Kier alpha value is -3.93. The summed E-state index contributed by atoms with van der Waals surface area (Å²) >= 11 is 0. The first-order valence-corrected chi connectivity index (χ1v) is 9.10. The second kappa shape index (κ2) is 7.98. The lowest BCUT2D eigenvalue weighted by atomic mass is 10.1. The highest BCUT2D eigenvalue weighted by Gasteiger charge is 2.19. The maximum absolute atomic E-state index is 12.4. The molecule has 1 amide bonds. The Kier molecular flexibility index (Phi) is 5.07. The van der Waals surface area contributed by atoms with Crippen molar-refractivity contribution in [3.8, 4) is 11.3 Å². The quantitative estimate of drug-likeness (QED) is 0.504. The van der Waals surface area contributed by atoms with Crippen molar-refractivity contribution in [2.45, 2.75) is 13.0 Å². The molecule has 0 fully saturated rings. The number of carbonyl (C=O) groups is 2. The molecule has 0 spiro atoms. The maximum Gasteiger partial charge on any atom is 0.338 e. The predicted octanol–water partition coefficient (Wildman–Crippen LogP) is 4.68. The number of hydrogen-bond donors (Lipinski definition) is 1. The lowest BCUT2D eigenvalue weighted by molar-refractivity contribution is -0.123. The Morgan fingerprint density at radius 3 is 2.48 bits per heavy atom. The van der Waals surface area contributed by atoms with Crippen LogP contribution >= 0.6 is 0 Å². The normalized spacial score (nSPS) is 11.8. The molecule has 0 aliphatic rings. The Balaban J connectivity index is 1.39. The van der Waals surface area contributed by atoms with Gasteiger partial charge < -0.3 is 14.5 Å². The first-order valence-electron chi connectivity index (χ1n) is 9.10. The molecule has 0 saturated carbocycles. The number of fused-ring (bicyclic) bond motifs is 1. The van der Waals surface area contributed by atoms with Gasteiger partial charge in [0.15, 0.2) is 18.3 Å². The number of aromatic nitrogens is 1.